The number of benzene rings is 2. The Morgan fingerprint density at radius 3 is 2.49 bits per heavy atom. The van der Waals surface area contributed by atoms with Crippen LogP contribution in [0.4, 0.5) is 22.9 Å². The van der Waals surface area contributed by atoms with Crippen LogP contribution in [0, 0.1) is 0 Å². The van der Waals surface area contributed by atoms with Crippen LogP contribution in [0.3, 0.4) is 0 Å². The number of imide groups is 2. The highest BCUT2D eigenvalue weighted by Crippen LogP contribution is 2.33. The first-order valence-corrected chi connectivity index (χ1v) is 19.9. The summed E-state index contributed by atoms with van der Waals surface area (Å²) in [4.78, 5) is 107. The third kappa shape index (κ3) is 8.51. The number of hydrogen-bond acceptors (Lipinski definition) is 13. The number of nitrogens with one attached hydrogen (secondary N) is 6. The molecule has 314 valence electrons. The van der Waals surface area contributed by atoms with Gasteiger partial charge < -0.3 is 31.2 Å². The maximum atomic E-state index is 13.4. The summed E-state index contributed by atoms with van der Waals surface area (Å²) < 4.78 is 0. The molecule has 61 heavy (non-hydrogen) atoms. The molecule has 2 aromatic carbocycles. The Morgan fingerprint density at radius 1 is 0.885 bits per heavy atom. The van der Waals surface area contributed by atoms with Gasteiger partial charge in [-0.05, 0) is 42.3 Å². The number of likely N-dealkylation sites (tertiary alicyclic amines) is 1. The molecule has 2 fully saturated rings. The van der Waals surface area contributed by atoms with E-state index in [-0.39, 0.29) is 79.2 Å². The smallest absolute Gasteiger partial charge is 0.275 e. The van der Waals surface area contributed by atoms with Crippen molar-refractivity contribution >= 4 is 75.3 Å². The van der Waals surface area contributed by atoms with Gasteiger partial charge in [-0.25, -0.2) is 9.97 Å². The molecular formula is C41H43N13O7. The number of anilines is 4. The molecule has 3 aromatic heterocycles. The molecule has 0 radical (unpaired) electrons. The molecule has 0 aliphatic carbocycles. The molecule has 5 aromatic rings. The third-order valence-electron chi connectivity index (χ3n) is 11.0. The molecule has 8 rings (SSSR count). The van der Waals surface area contributed by atoms with Crippen LogP contribution < -0.4 is 21.3 Å². The molecule has 0 bridgehead atoms. The number of H-pyrrole nitrogens is 2. The Balaban J connectivity index is 0.733. The Hall–Kier alpha value is -7.48. The summed E-state index contributed by atoms with van der Waals surface area (Å²) >= 11 is 0. The van der Waals surface area contributed by atoms with Crippen LogP contribution in [0.5, 0.6) is 0 Å². The van der Waals surface area contributed by atoms with E-state index in [1.165, 1.54) is 25.6 Å². The molecule has 0 saturated carbocycles. The van der Waals surface area contributed by atoms with E-state index in [4.69, 9.17) is 0 Å². The largest absolute Gasteiger partial charge is 0.383 e. The van der Waals surface area contributed by atoms with Crippen molar-refractivity contribution < 1.29 is 33.6 Å². The summed E-state index contributed by atoms with van der Waals surface area (Å²) in [7, 11) is 1.34. The van der Waals surface area contributed by atoms with E-state index in [2.05, 4.69) is 51.3 Å². The van der Waals surface area contributed by atoms with Gasteiger partial charge in [0.2, 0.25) is 17.7 Å². The van der Waals surface area contributed by atoms with Gasteiger partial charge in [0.05, 0.1) is 28.4 Å². The van der Waals surface area contributed by atoms with E-state index in [0.29, 0.717) is 61.3 Å². The minimum absolute atomic E-state index is 0.0220. The Bertz CT molecular complexity index is 2530. The number of fused-ring (bicyclic) bond motifs is 2. The summed E-state index contributed by atoms with van der Waals surface area (Å²) in [6.07, 6.45) is 4.92. The monoisotopic (exact) mass is 829 g/mol. The quantitative estimate of drug-likeness (QED) is 0.0694. The molecule has 2 saturated heterocycles. The summed E-state index contributed by atoms with van der Waals surface area (Å²) in [6.45, 7) is 3.52. The molecule has 3 aliphatic heterocycles. The third-order valence-corrected chi connectivity index (χ3v) is 11.0. The average Bonchev–Trinajstić information content (AvgIpc) is 4.01. The number of hydrogen-bond donors (Lipinski definition) is 6. The standard InChI is InChI=1S/C41H43N13O7/c1-51-32(56)11-9-30(40(51)60)54-39(59)26-3-2-4-28(34(26)41(54)61)42-15-16-43-31(55)10-12-33(57)53-19-17-52(18-20-53)22-24-5-7-25(8-6-24)48-38(58)35-29(21-47-50-35)49-37-27-13-14-44-36(27)45-23-46-37/h2-8,13-14,21,23,30,42H,9-12,15-20,22H2,1H3,(H,43,55)(H,47,50)(H,48,58)(H2,44,45,46,49). The van der Waals surface area contributed by atoms with Crippen molar-refractivity contribution in [2.75, 3.05) is 62.3 Å². The van der Waals surface area contributed by atoms with Crippen molar-refractivity contribution in [3.8, 4) is 0 Å². The number of piperidine rings is 1. The van der Waals surface area contributed by atoms with Gasteiger partial charge in [-0.15, -0.1) is 0 Å². The van der Waals surface area contributed by atoms with Crippen molar-refractivity contribution in [3.05, 3.63) is 89.6 Å². The lowest BCUT2D eigenvalue weighted by Crippen LogP contribution is -2.54. The van der Waals surface area contributed by atoms with E-state index >= 15 is 0 Å². The number of amides is 7. The first-order chi connectivity index (χ1) is 29.5. The van der Waals surface area contributed by atoms with E-state index in [1.807, 2.05) is 30.3 Å². The Kier molecular flexibility index (Phi) is 11.5. The maximum absolute atomic E-state index is 13.4. The first kappa shape index (κ1) is 40.3. The highest BCUT2D eigenvalue weighted by Gasteiger charge is 2.47. The molecule has 20 heteroatoms. The Labute approximate surface area is 348 Å². The van der Waals surface area contributed by atoms with Gasteiger partial charge in [0.1, 0.15) is 29.5 Å². The van der Waals surface area contributed by atoms with Crippen LogP contribution >= 0.6 is 0 Å². The van der Waals surface area contributed by atoms with E-state index in [1.54, 1.807) is 23.2 Å². The number of rotatable bonds is 14. The lowest BCUT2D eigenvalue weighted by Gasteiger charge is -2.34. The zero-order valence-electron chi connectivity index (χ0n) is 33.2. The van der Waals surface area contributed by atoms with Gasteiger partial charge in [-0.1, -0.05) is 18.2 Å². The second kappa shape index (κ2) is 17.4. The fraction of sp³-hybridized carbons (Fsp3) is 0.317. The van der Waals surface area contributed by atoms with Crippen molar-refractivity contribution in [3.63, 3.8) is 0 Å². The molecule has 6 heterocycles. The summed E-state index contributed by atoms with van der Waals surface area (Å²) in [5.41, 5.74) is 3.74. The normalized spacial score (nSPS) is 16.9. The van der Waals surface area contributed by atoms with Gasteiger partial charge in [0.15, 0.2) is 0 Å². The number of carbonyl (C=O) groups is 7. The predicted octanol–water partition coefficient (Wildman–Crippen LogP) is 2.07. The van der Waals surface area contributed by atoms with Gasteiger partial charge in [0, 0.05) is 89.7 Å². The number of piperazine rings is 1. The van der Waals surface area contributed by atoms with Crippen molar-refractivity contribution in [1.82, 2.24) is 50.1 Å². The number of aromatic nitrogens is 5. The van der Waals surface area contributed by atoms with Crippen molar-refractivity contribution in [1.29, 1.82) is 0 Å². The molecule has 3 aliphatic rings. The minimum Gasteiger partial charge on any atom is -0.383 e. The highest BCUT2D eigenvalue weighted by atomic mass is 16.2. The molecule has 1 unspecified atom stereocenters. The zero-order valence-corrected chi connectivity index (χ0v) is 33.2. The second-order valence-electron chi connectivity index (χ2n) is 14.9. The lowest BCUT2D eigenvalue weighted by molar-refractivity contribution is -0.149. The van der Waals surface area contributed by atoms with E-state index in [9.17, 15) is 33.6 Å². The number of likely N-dealkylation sites (N-methyl/N-ethyl adjacent to an activating group) is 1. The highest BCUT2D eigenvalue weighted by molar-refractivity contribution is 6.25. The summed E-state index contributed by atoms with van der Waals surface area (Å²) in [6, 6.07) is 13.1. The van der Waals surface area contributed by atoms with E-state index in [0.717, 1.165) is 20.7 Å². The SMILES string of the molecule is CN1C(=O)CCC(N2C(=O)c3cccc(NCCNC(=O)CCC(=O)N4CCN(Cc5ccc(NC(=O)c6[nH]ncc6Nc6ncnc7[nH]ccc67)cc5)CC4)c3C2=O)C1=O. The lowest BCUT2D eigenvalue weighted by atomic mass is 10.0. The predicted molar refractivity (Wildman–Crippen MR) is 220 cm³/mol. The number of carbonyl (C=O) groups excluding carboxylic acids is 7. The van der Waals surface area contributed by atoms with Crippen LogP contribution in [0.15, 0.2) is 67.3 Å². The van der Waals surface area contributed by atoms with Gasteiger partial charge in [-0.3, -0.25) is 53.4 Å². The second-order valence-corrected chi connectivity index (χ2v) is 14.9. The van der Waals surface area contributed by atoms with Crippen LogP contribution in [-0.4, -0.2) is 138 Å². The summed E-state index contributed by atoms with van der Waals surface area (Å²) in [5, 5.41) is 19.5. The average molecular weight is 830 g/mol. The number of nitrogens with zero attached hydrogens (tertiary/aromatic N) is 7. The fourth-order valence-electron chi connectivity index (χ4n) is 7.69. The fourth-order valence-corrected chi connectivity index (χ4v) is 7.69. The van der Waals surface area contributed by atoms with Gasteiger partial charge >= 0.3 is 0 Å². The molecular weight excluding hydrogens is 787 g/mol. The molecule has 0 spiro atoms. The van der Waals surface area contributed by atoms with Crippen LogP contribution in [0.2, 0.25) is 0 Å². The minimum atomic E-state index is -1.05. The van der Waals surface area contributed by atoms with Crippen molar-refractivity contribution in [2.24, 2.45) is 0 Å². The molecule has 6 N–H and O–H groups in total. The maximum Gasteiger partial charge on any atom is 0.275 e. The van der Waals surface area contributed by atoms with Crippen LogP contribution in [-0.2, 0) is 25.7 Å². The zero-order chi connectivity index (χ0) is 42.6. The van der Waals surface area contributed by atoms with Crippen LogP contribution in [0.25, 0.3) is 11.0 Å². The first-order valence-electron chi connectivity index (χ1n) is 19.9. The number of aromatic amines is 2. The summed E-state index contributed by atoms with van der Waals surface area (Å²) in [5.74, 6) is -2.38. The Morgan fingerprint density at radius 2 is 1.69 bits per heavy atom. The molecule has 20 nitrogen and oxygen atoms in total. The molecule has 7 amide bonds. The topological polar surface area (TPSA) is 251 Å². The van der Waals surface area contributed by atoms with Crippen molar-refractivity contribution in [2.45, 2.75) is 38.3 Å². The molecule has 1 atom stereocenters. The van der Waals surface area contributed by atoms with Crippen LogP contribution in [0.1, 0.15) is 62.5 Å². The van der Waals surface area contributed by atoms with Gasteiger partial charge in [-0.2, -0.15) is 5.10 Å². The van der Waals surface area contributed by atoms with Gasteiger partial charge in [0.25, 0.3) is 23.6 Å². The van der Waals surface area contributed by atoms with E-state index < -0.39 is 23.8 Å².